The number of hydrogen-bond acceptors (Lipinski definition) is 2. The summed E-state index contributed by atoms with van der Waals surface area (Å²) in [5.41, 5.74) is 0. The SMILES string of the molecule is CC(C)OC(=O)/C=C/CI. The van der Waals surface area contributed by atoms with Crippen LogP contribution in [0.1, 0.15) is 13.8 Å². The summed E-state index contributed by atoms with van der Waals surface area (Å²) in [5.74, 6) is -0.258. The molecule has 0 aliphatic rings. The molecule has 0 aromatic carbocycles. The van der Waals surface area contributed by atoms with Crippen LogP contribution in [0.25, 0.3) is 0 Å². The van der Waals surface area contributed by atoms with Crippen molar-refractivity contribution in [3.05, 3.63) is 12.2 Å². The van der Waals surface area contributed by atoms with Crippen LogP contribution in [0.5, 0.6) is 0 Å². The van der Waals surface area contributed by atoms with Crippen LogP contribution in [0.2, 0.25) is 0 Å². The van der Waals surface area contributed by atoms with Crippen molar-refractivity contribution < 1.29 is 9.53 Å². The van der Waals surface area contributed by atoms with E-state index in [1.165, 1.54) is 6.08 Å². The molecule has 0 aliphatic carbocycles. The van der Waals surface area contributed by atoms with Crippen LogP contribution in [0.3, 0.4) is 0 Å². The smallest absolute Gasteiger partial charge is 0.330 e. The molecular weight excluding hydrogens is 243 g/mol. The number of ether oxygens (including phenoxy) is 1. The van der Waals surface area contributed by atoms with Gasteiger partial charge in [-0.3, -0.25) is 0 Å². The second-order valence-corrected chi connectivity index (χ2v) is 2.92. The highest BCUT2D eigenvalue weighted by atomic mass is 127. The lowest BCUT2D eigenvalue weighted by molar-refractivity contribution is -0.141. The van der Waals surface area contributed by atoms with Crippen LogP contribution in [-0.2, 0) is 9.53 Å². The predicted octanol–water partition coefficient (Wildman–Crippen LogP) is 1.93. The Balaban J connectivity index is 3.54. The van der Waals surface area contributed by atoms with E-state index in [1.807, 2.05) is 13.8 Å². The molecule has 0 atom stereocenters. The average Bonchev–Trinajstić information content (AvgIpc) is 1.82. The molecule has 0 bridgehead atoms. The largest absolute Gasteiger partial charge is 0.460 e. The topological polar surface area (TPSA) is 26.3 Å². The highest BCUT2D eigenvalue weighted by Crippen LogP contribution is 1.91. The van der Waals surface area contributed by atoms with Gasteiger partial charge >= 0.3 is 5.97 Å². The number of alkyl halides is 1. The van der Waals surface area contributed by atoms with E-state index in [4.69, 9.17) is 4.74 Å². The molecule has 3 heteroatoms. The van der Waals surface area contributed by atoms with Crippen molar-refractivity contribution in [2.24, 2.45) is 0 Å². The van der Waals surface area contributed by atoms with Gasteiger partial charge in [0.15, 0.2) is 0 Å². The number of carbonyl (C=O) groups is 1. The van der Waals surface area contributed by atoms with Crippen molar-refractivity contribution in [1.82, 2.24) is 0 Å². The van der Waals surface area contributed by atoms with Gasteiger partial charge < -0.3 is 4.74 Å². The fourth-order valence-electron chi connectivity index (χ4n) is 0.412. The van der Waals surface area contributed by atoms with Crippen LogP contribution in [0.15, 0.2) is 12.2 Å². The summed E-state index contributed by atoms with van der Waals surface area (Å²) in [6.45, 7) is 3.66. The van der Waals surface area contributed by atoms with Gasteiger partial charge in [0.25, 0.3) is 0 Å². The van der Waals surface area contributed by atoms with E-state index < -0.39 is 0 Å². The van der Waals surface area contributed by atoms with Crippen molar-refractivity contribution in [2.45, 2.75) is 20.0 Å². The van der Waals surface area contributed by atoms with E-state index in [2.05, 4.69) is 22.6 Å². The zero-order chi connectivity index (χ0) is 7.98. The molecule has 0 aromatic heterocycles. The monoisotopic (exact) mass is 254 g/mol. The van der Waals surface area contributed by atoms with Crippen molar-refractivity contribution in [3.63, 3.8) is 0 Å². The lowest BCUT2D eigenvalue weighted by Gasteiger charge is -2.03. The number of rotatable bonds is 3. The van der Waals surface area contributed by atoms with E-state index >= 15 is 0 Å². The molecule has 2 nitrogen and oxygen atoms in total. The predicted molar refractivity (Wildman–Crippen MR) is 49.3 cm³/mol. The van der Waals surface area contributed by atoms with Crippen molar-refractivity contribution in [1.29, 1.82) is 0 Å². The second-order valence-electron chi connectivity index (χ2n) is 2.04. The Morgan fingerprint density at radius 1 is 1.70 bits per heavy atom. The van der Waals surface area contributed by atoms with Gasteiger partial charge in [-0.2, -0.15) is 0 Å². The van der Waals surface area contributed by atoms with Crippen molar-refractivity contribution in [2.75, 3.05) is 4.43 Å². The molecule has 0 spiro atoms. The molecule has 0 saturated carbocycles. The van der Waals surface area contributed by atoms with E-state index in [9.17, 15) is 4.79 Å². The third-order valence-corrected chi connectivity index (χ3v) is 1.20. The van der Waals surface area contributed by atoms with E-state index in [0.29, 0.717) is 0 Å². The van der Waals surface area contributed by atoms with Crippen LogP contribution in [0.4, 0.5) is 0 Å². The Hall–Kier alpha value is -0.0600. The number of esters is 1. The summed E-state index contributed by atoms with van der Waals surface area (Å²) < 4.78 is 5.66. The first-order valence-electron chi connectivity index (χ1n) is 3.10. The van der Waals surface area contributed by atoms with E-state index in [0.717, 1.165) is 4.43 Å². The maximum Gasteiger partial charge on any atom is 0.330 e. The molecule has 58 valence electrons. The molecule has 0 fully saturated rings. The summed E-state index contributed by atoms with van der Waals surface area (Å²) in [7, 11) is 0. The third-order valence-electron chi connectivity index (χ3n) is 0.695. The first-order chi connectivity index (χ1) is 4.66. The molecule has 10 heavy (non-hydrogen) atoms. The zero-order valence-electron chi connectivity index (χ0n) is 6.13. The van der Waals surface area contributed by atoms with Gasteiger partial charge in [-0.05, 0) is 13.8 Å². The van der Waals surface area contributed by atoms with Crippen molar-refractivity contribution >= 4 is 28.6 Å². The Labute approximate surface area is 74.8 Å². The molecule has 0 aliphatic heterocycles. The molecule has 0 unspecified atom stereocenters. The zero-order valence-corrected chi connectivity index (χ0v) is 8.29. The third kappa shape index (κ3) is 6.07. The summed E-state index contributed by atoms with van der Waals surface area (Å²) in [4.78, 5) is 10.7. The average molecular weight is 254 g/mol. The van der Waals surface area contributed by atoms with Gasteiger partial charge in [0.2, 0.25) is 0 Å². The summed E-state index contributed by atoms with van der Waals surface area (Å²) in [6.07, 6.45) is 3.20. The quantitative estimate of drug-likeness (QED) is 0.333. The first-order valence-corrected chi connectivity index (χ1v) is 4.62. The molecule has 0 radical (unpaired) electrons. The first kappa shape index (κ1) is 9.94. The highest BCUT2D eigenvalue weighted by Gasteiger charge is 1.97. The highest BCUT2D eigenvalue weighted by molar-refractivity contribution is 14.1. The Bertz CT molecular complexity index is 130. The number of carbonyl (C=O) groups excluding carboxylic acids is 1. The fraction of sp³-hybridized carbons (Fsp3) is 0.571. The second kappa shape index (κ2) is 5.70. The van der Waals surface area contributed by atoms with E-state index in [-0.39, 0.29) is 12.1 Å². The Kier molecular flexibility index (Phi) is 5.67. The fourth-order valence-corrected chi connectivity index (χ4v) is 0.667. The molecule has 0 heterocycles. The van der Waals surface area contributed by atoms with Crippen LogP contribution in [0, 0.1) is 0 Å². The number of hydrogen-bond donors (Lipinski definition) is 0. The molecule has 0 N–H and O–H groups in total. The molecule has 0 rings (SSSR count). The van der Waals surface area contributed by atoms with Crippen LogP contribution >= 0.6 is 22.6 Å². The van der Waals surface area contributed by atoms with Crippen LogP contribution < -0.4 is 0 Å². The number of halogens is 1. The maximum absolute atomic E-state index is 10.7. The minimum Gasteiger partial charge on any atom is -0.460 e. The van der Waals surface area contributed by atoms with Gasteiger partial charge in [-0.1, -0.05) is 28.7 Å². The number of allylic oxidation sites excluding steroid dienone is 1. The standard InChI is InChI=1S/C7H11IO2/c1-6(2)10-7(9)4-3-5-8/h3-4,6H,5H2,1-2H3/b4-3+. The molecule has 0 amide bonds. The van der Waals surface area contributed by atoms with Gasteiger partial charge in [0, 0.05) is 10.5 Å². The Morgan fingerprint density at radius 2 is 2.30 bits per heavy atom. The lowest BCUT2D eigenvalue weighted by atomic mass is 10.4. The lowest BCUT2D eigenvalue weighted by Crippen LogP contribution is -2.08. The Morgan fingerprint density at radius 3 is 2.70 bits per heavy atom. The van der Waals surface area contributed by atoms with Gasteiger partial charge in [-0.25, -0.2) is 4.79 Å². The summed E-state index contributed by atoms with van der Waals surface area (Å²) >= 11 is 2.16. The minimum absolute atomic E-state index is 0.0219. The molecular formula is C7H11IO2. The molecule has 0 aromatic rings. The summed E-state index contributed by atoms with van der Waals surface area (Å²) in [6, 6.07) is 0. The molecule has 0 saturated heterocycles. The van der Waals surface area contributed by atoms with Crippen molar-refractivity contribution in [3.8, 4) is 0 Å². The van der Waals surface area contributed by atoms with Crippen LogP contribution in [-0.4, -0.2) is 16.5 Å². The minimum atomic E-state index is -0.258. The van der Waals surface area contributed by atoms with Gasteiger partial charge in [0.1, 0.15) is 0 Å². The normalized spacial score (nSPS) is 10.8. The maximum atomic E-state index is 10.7. The summed E-state index contributed by atoms with van der Waals surface area (Å²) in [5, 5.41) is 0. The van der Waals surface area contributed by atoms with Gasteiger partial charge in [-0.15, -0.1) is 0 Å². The van der Waals surface area contributed by atoms with E-state index in [1.54, 1.807) is 6.08 Å². The van der Waals surface area contributed by atoms with Gasteiger partial charge in [0.05, 0.1) is 6.10 Å².